The second-order valence-electron chi connectivity index (χ2n) is 6.57. The van der Waals surface area contributed by atoms with Gasteiger partial charge in [0.1, 0.15) is 5.02 Å². The molecule has 3 aromatic rings. The topological polar surface area (TPSA) is 90.1 Å². The number of nitrogens with one attached hydrogen (secondary N) is 1. The SMILES string of the molecule is Cc1ccc(Cn2nc(C)c(NC(=O)c3ccc(Cl)c([N+](=O)[O-])c3)c2C)cc1. The zero-order valence-corrected chi connectivity index (χ0v) is 16.4. The highest BCUT2D eigenvalue weighted by Gasteiger charge is 2.19. The summed E-state index contributed by atoms with van der Waals surface area (Å²) in [5, 5.41) is 18.3. The molecule has 0 saturated heterocycles. The number of carbonyl (C=O) groups is 1. The number of hydrogen-bond acceptors (Lipinski definition) is 4. The Morgan fingerprint density at radius 1 is 1.18 bits per heavy atom. The molecule has 0 aliphatic heterocycles. The summed E-state index contributed by atoms with van der Waals surface area (Å²) < 4.78 is 1.82. The number of nitro groups is 1. The second-order valence-corrected chi connectivity index (χ2v) is 6.97. The van der Waals surface area contributed by atoms with Crippen LogP contribution in [0.2, 0.25) is 5.02 Å². The van der Waals surface area contributed by atoms with E-state index in [-0.39, 0.29) is 16.3 Å². The number of rotatable bonds is 5. The van der Waals surface area contributed by atoms with Crippen molar-refractivity contribution in [2.24, 2.45) is 0 Å². The molecule has 7 nitrogen and oxygen atoms in total. The summed E-state index contributed by atoms with van der Waals surface area (Å²) >= 11 is 5.81. The van der Waals surface area contributed by atoms with Crippen LogP contribution in [0.5, 0.6) is 0 Å². The minimum Gasteiger partial charge on any atom is -0.319 e. The number of aryl methyl sites for hydroxylation is 2. The Morgan fingerprint density at radius 2 is 1.86 bits per heavy atom. The quantitative estimate of drug-likeness (QED) is 0.499. The molecule has 0 spiro atoms. The van der Waals surface area contributed by atoms with Gasteiger partial charge in [0.25, 0.3) is 11.6 Å². The third-order valence-corrected chi connectivity index (χ3v) is 4.80. The van der Waals surface area contributed by atoms with E-state index in [0.29, 0.717) is 17.9 Å². The largest absolute Gasteiger partial charge is 0.319 e. The van der Waals surface area contributed by atoms with Gasteiger partial charge in [0, 0.05) is 11.6 Å². The summed E-state index contributed by atoms with van der Waals surface area (Å²) in [6.45, 7) is 6.28. The van der Waals surface area contributed by atoms with Crippen LogP contribution in [0, 0.1) is 30.9 Å². The third-order valence-electron chi connectivity index (χ3n) is 4.48. The lowest BCUT2D eigenvalue weighted by molar-refractivity contribution is -0.384. The van der Waals surface area contributed by atoms with E-state index < -0.39 is 10.8 Å². The monoisotopic (exact) mass is 398 g/mol. The Hall–Kier alpha value is -3.19. The van der Waals surface area contributed by atoms with Crippen LogP contribution >= 0.6 is 11.6 Å². The average molecular weight is 399 g/mol. The first-order valence-electron chi connectivity index (χ1n) is 8.61. The fourth-order valence-corrected chi connectivity index (χ4v) is 3.06. The lowest BCUT2D eigenvalue weighted by Crippen LogP contribution is -2.13. The van der Waals surface area contributed by atoms with Gasteiger partial charge in [-0.25, -0.2) is 0 Å². The van der Waals surface area contributed by atoms with Gasteiger partial charge in [-0.05, 0) is 38.5 Å². The molecule has 2 aromatic carbocycles. The van der Waals surface area contributed by atoms with Crippen LogP contribution in [0.4, 0.5) is 11.4 Å². The van der Waals surface area contributed by atoms with Crippen LogP contribution in [0.1, 0.15) is 32.9 Å². The van der Waals surface area contributed by atoms with E-state index in [2.05, 4.69) is 10.4 Å². The third kappa shape index (κ3) is 4.04. The maximum atomic E-state index is 12.6. The predicted octanol–water partition coefficient (Wildman–Crippen LogP) is 4.67. The molecule has 28 heavy (non-hydrogen) atoms. The Labute approximate surface area is 167 Å². The normalized spacial score (nSPS) is 10.7. The first kappa shape index (κ1) is 19.6. The summed E-state index contributed by atoms with van der Waals surface area (Å²) in [6.07, 6.45) is 0. The van der Waals surface area contributed by atoms with Crippen molar-refractivity contribution in [2.75, 3.05) is 5.32 Å². The molecule has 1 aromatic heterocycles. The fraction of sp³-hybridized carbons (Fsp3) is 0.200. The summed E-state index contributed by atoms with van der Waals surface area (Å²) in [4.78, 5) is 23.0. The minimum atomic E-state index is -0.616. The van der Waals surface area contributed by atoms with Crippen LogP contribution < -0.4 is 5.32 Å². The number of benzene rings is 2. The molecule has 8 heteroatoms. The van der Waals surface area contributed by atoms with E-state index in [4.69, 9.17) is 11.6 Å². The molecule has 0 aliphatic rings. The Bertz CT molecular complexity index is 1060. The summed E-state index contributed by atoms with van der Waals surface area (Å²) in [5.41, 5.74) is 4.19. The van der Waals surface area contributed by atoms with Crippen molar-refractivity contribution < 1.29 is 9.72 Å². The van der Waals surface area contributed by atoms with Gasteiger partial charge < -0.3 is 5.32 Å². The van der Waals surface area contributed by atoms with Crippen molar-refractivity contribution in [3.8, 4) is 0 Å². The zero-order valence-electron chi connectivity index (χ0n) is 15.7. The molecule has 0 bridgehead atoms. The van der Waals surface area contributed by atoms with Crippen molar-refractivity contribution in [1.82, 2.24) is 9.78 Å². The van der Waals surface area contributed by atoms with Crippen molar-refractivity contribution >= 4 is 28.9 Å². The summed E-state index contributed by atoms with van der Waals surface area (Å²) in [5.74, 6) is -0.458. The molecule has 1 amide bonds. The molecule has 0 fully saturated rings. The summed E-state index contributed by atoms with van der Waals surface area (Å²) in [6, 6.07) is 12.1. The van der Waals surface area contributed by atoms with E-state index in [1.807, 2.05) is 42.8 Å². The van der Waals surface area contributed by atoms with Crippen LogP contribution in [0.15, 0.2) is 42.5 Å². The van der Waals surface area contributed by atoms with E-state index in [9.17, 15) is 14.9 Å². The van der Waals surface area contributed by atoms with Gasteiger partial charge >= 0.3 is 0 Å². The van der Waals surface area contributed by atoms with Crippen molar-refractivity contribution in [3.63, 3.8) is 0 Å². The smallest absolute Gasteiger partial charge is 0.288 e. The van der Waals surface area contributed by atoms with Crippen molar-refractivity contribution in [1.29, 1.82) is 0 Å². The van der Waals surface area contributed by atoms with Gasteiger partial charge in [0.15, 0.2) is 0 Å². The van der Waals surface area contributed by atoms with E-state index in [1.165, 1.54) is 23.8 Å². The zero-order chi connectivity index (χ0) is 20.4. The lowest BCUT2D eigenvalue weighted by atomic mass is 10.1. The second kappa shape index (κ2) is 7.82. The van der Waals surface area contributed by atoms with Gasteiger partial charge in [-0.15, -0.1) is 0 Å². The Kier molecular flexibility index (Phi) is 5.46. The molecule has 0 aliphatic carbocycles. The molecule has 0 unspecified atom stereocenters. The first-order chi connectivity index (χ1) is 13.3. The molecule has 0 radical (unpaired) electrons. The van der Waals surface area contributed by atoms with Gasteiger partial charge in [-0.1, -0.05) is 41.4 Å². The van der Waals surface area contributed by atoms with Crippen molar-refractivity contribution in [2.45, 2.75) is 27.3 Å². The highest BCUT2D eigenvalue weighted by Crippen LogP contribution is 2.26. The number of nitrogens with zero attached hydrogens (tertiary/aromatic N) is 3. The molecule has 3 rings (SSSR count). The van der Waals surface area contributed by atoms with Crippen molar-refractivity contribution in [3.05, 3.63) is 85.7 Å². The average Bonchev–Trinajstić information content (AvgIpc) is 2.91. The molecular formula is C20H19ClN4O3. The number of carbonyl (C=O) groups excluding carboxylic acids is 1. The van der Waals surface area contributed by atoms with Crippen LogP contribution in [-0.4, -0.2) is 20.6 Å². The summed E-state index contributed by atoms with van der Waals surface area (Å²) in [7, 11) is 0. The number of halogens is 1. The lowest BCUT2D eigenvalue weighted by Gasteiger charge is -2.08. The molecule has 1 heterocycles. The number of anilines is 1. The van der Waals surface area contributed by atoms with Gasteiger partial charge in [0.05, 0.1) is 28.5 Å². The van der Waals surface area contributed by atoms with Gasteiger partial charge in [-0.2, -0.15) is 5.10 Å². The highest BCUT2D eigenvalue weighted by atomic mass is 35.5. The Balaban J connectivity index is 1.84. The van der Waals surface area contributed by atoms with Crippen LogP contribution in [0.3, 0.4) is 0 Å². The first-order valence-corrected chi connectivity index (χ1v) is 8.99. The molecule has 1 N–H and O–H groups in total. The standard InChI is InChI=1S/C20H19ClN4O3/c1-12-4-6-15(7-5-12)11-24-14(3)19(13(2)23-24)22-20(26)16-8-9-17(21)18(10-16)25(27)28/h4-10H,11H2,1-3H3,(H,22,26). The molecular weight excluding hydrogens is 380 g/mol. The van der Waals surface area contributed by atoms with Gasteiger partial charge in [0.2, 0.25) is 0 Å². The van der Waals surface area contributed by atoms with Crippen LogP contribution in [0.25, 0.3) is 0 Å². The molecule has 0 atom stereocenters. The maximum absolute atomic E-state index is 12.6. The number of hydrogen-bond donors (Lipinski definition) is 1. The fourth-order valence-electron chi connectivity index (χ4n) is 2.88. The highest BCUT2D eigenvalue weighted by molar-refractivity contribution is 6.32. The molecule has 0 saturated carbocycles. The minimum absolute atomic E-state index is 0.0140. The van der Waals surface area contributed by atoms with E-state index in [0.717, 1.165) is 11.3 Å². The van der Waals surface area contributed by atoms with E-state index in [1.54, 1.807) is 6.92 Å². The number of aromatic nitrogens is 2. The number of nitro benzene ring substituents is 1. The maximum Gasteiger partial charge on any atom is 0.288 e. The van der Waals surface area contributed by atoms with E-state index >= 15 is 0 Å². The predicted molar refractivity (Wildman–Crippen MR) is 108 cm³/mol. The molecule has 144 valence electrons. The van der Waals surface area contributed by atoms with Crippen LogP contribution in [-0.2, 0) is 6.54 Å². The number of amides is 1. The van der Waals surface area contributed by atoms with Gasteiger partial charge in [-0.3, -0.25) is 19.6 Å². The Morgan fingerprint density at radius 3 is 2.50 bits per heavy atom.